The van der Waals surface area contributed by atoms with Crippen LogP contribution in [-0.2, 0) is 21.3 Å². The number of hydrogen-bond donors (Lipinski definition) is 3. The molecule has 0 aromatic heterocycles. The van der Waals surface area contributed by atoms with E-state index in [0.29, 0.717) is 29.0 Å². The summed E-state index contributed by atoms with van der Waals surface area (Å²) in [4.78, 5) is 29.1. The smallest absolute Gasteiger partial charge is 0.415 e. The summed E-state index contributed by atoms with van der Waals surface area (Å²) in [5.41, 5.74) is 2.27. The molecule has 0 heterocycles. The zero-order chi connectivity index (χ0) is 32.3. The third-order valence-corrected chi connectivity index (χ3v) is 7.99. The van der Waals surface area contributed by atoms with Crippen LogP contribution in [0.25, 0.3) is 11.1 Å². The first-order chi connectivity index (χ1) is 21.0. The standard InChI is InChI=1S/C32H41N5O6S/c1-5-8-20-37(22-24-12-11-13-26(21-24)30(33)35-31(38)42-23(4)36(6-2)7-3)32(39)43-27-18-16-25(17-19-27)28-14-9-10-15-29(28)44(34,40)41/h9-19,21,23H,5-8,20,22H2,1-4H3,(H2,33,35,38)(H2,34,40,41). The van der Waals surface area contributed by atoms with Crippen LogP contribution >= 0.6 is 0 Å². The molecule has 11 nitrogen and oxygen atoms in total. The minimum absolute atomic E-state index is 0.00655. The predicted molar refractivity (Wildman–Crippen MR) is 170 cm³/mol. The lowest BCUT2D eigenvalue weighted by molar-refractivity contribution is 0.00679. The first-order valence-corrected chi connectivity index (χ1v) is 16.1. The van der Waals surface area contributed by atoms with Crippen LogP contribution in [0, 0.1) is 5.41 Å². The Morgan fingerprint density at radius 3 is 2.30 bits per heavy atom. The molecule has 236 valence electrons. The minimum Gasteiger partial charge on any atom is -0.430 e. The van der Waals surface area contributed by atoms with Gasteiger partial charge in [-0.25, -0.2) is 23.1 Å². The number of carbonyl (C=O) groups is 2. The second-order valence-corrected chi connectivity index (χ2v) is 11.7. The monoisotopic (exact) mass is 623 g/mol. The lowest BCUT2D eigenvalue weighted by atomic mass is 10.1. The number of rotatable bonds is 13. The zero-order valence-electron chi connectivity index (χ0n) is 25.6. The average Bonchev–Trinajstić information content (AvgIpc) is 2.99. The molecule has 0 bridgehead atoms. The maximum atomic E-state index is 13.2. The maximum absolute atomic E-state index is 13.2. The summed E-state index contributed by atoms with van der Waals surface area (Å²) in [5, 5.41) is 16.2. The minimum atomic E-state index is -3.92. The number of benzene rings is 3. The molecule has 0 aliphatic heterocycles. The molecule has 12 heteroatoms. The van der Waals surface area contributed by atoms with E-state index in [9.17, 15) is 18.0 Å². The molecule has 0 saturated heterocycles. The number of carbonyl (C=O) groups excluding carboxylic acids is 2. The van der Waals surface area contributed by atoms with Crippen molar-refractivity contribution < 1.29 is 27.5 Å². The molecule has 3 rings (SSSR count). The Bertz CT molecular complexity index is 1540. The third-order valence-electron chi connectivity index (χ3n) is 7.02. The molecule has 1 atom stereocenters. The highest BCUT2D eigenvalue weighted by molar-refractivity contribution is 7.89. The molecule has 44 heavy (non-hydrogen) atoms. The number of ether oxygens (including phenoxy) is 2. The zero-order valence-corrected chi connectivity index (χ0v) is 26.4. The van der Waals surface area contributed by atoms with E-state index in [1.54, 1.807) is 72.5 Å². The molecule has 0 spiro atoms. The summed E-state index contributed by atoms with van der Waals surface area (Å²) in [6, 6.07) is 20.0. The van der Waals surface area contributed by atoms with Crippen LogP contribution < -0.4 is 15.2 Å². The summed E-state index contributed by atoms with van der Waals surface area (Å²) in [5.74, 6) is 0.181. The Kier molecular flexibility index (Phi) is 12.4. The van der Waals surface area contributed by atoms with Gasteiger partial charge in [-0.05, 0) is 61.8 Å². The Morgan fingerprint density at radius 2 is 1.66 bits per heavy atom. The lowest BCUT2D eigenvalue weighted by Gasteiger charge is -2.25. The van der Waals surface area contributed by atoms with Crippen molar-refractivity contribution in [2.24, 2.45) is 5.14 Å². The highest BCUT2D eigenvalue weighted by atomic mass is 32.2. The molecule has 0 saturated carbocycles. The van der Waals surface area contributed by atoms with Crippen LogP contribution in [0.2, 0.25) is 0 Å². The van der Waals surface area contributed by atoms with E-state index >= 15 is 0 Å². The van der Waals surface area contributed by atoms with Crippen LogP contribution in [0.15, 0.2) is 77.7 Å². The Labute approximate surface area is 259 Å². The molecule has 3 aromatic rings. The Balaban J connectivity index is 1.69. The third kappa shape index (κ3) is 9.63. The number of alkyl carbamates (subject to hydrolysis) is 1. The van der Waals surface area contributed by atoms with Crippen LogP contribution in [0.5, 0.6) is 5.75 Å². The number of unbranched alkanes of at least 4 members (excludes halogenated alkanes) is 1. The van der Waals surface area contributed by atoms with Gasteiger partial charge in [-0.15, -0.1) is 0 Å². The van der Waals surface area contributed by atoms with Gasteiger partial charge in [0.1, 0.15) is 11.6 Å². The summed E-state index contributed by atoms with van der Waals surface area (Å²) in [6.45, 7) is 9.88. The number of amidine groups is 1. The van der Waals surface area contributed by atoms with Crippen molar-refractivity contribution in [3.05, 3.63) is 83.9 Å². The van der Waals surface area contributed by atoms with Crippen molar-refractivity contribution >= 4 is 28.0 Å². The van der Waals surface area contributed by atoms with Gasteiger partial charge in [0.2, 0.25) is 10.0 Å². The van der Waals surface area contributed by atoms with Crippen molar-refractivity contribution in [3.8, 4) is 16.9 Å². The van der Waals surface area contributed by atoms with E-state index in [4.69, 9.17) is 20.0 Å². The summed E-state index contributed by atoms with van der Waals surface area (Å²) in [6.07, 6.45) is -0.0801. The van der Waals surface area contributed by atoms with E-state index < -0.39 is 28.4 Å². The summed E-state index contributed by atoms with van der Waals surface area (Å²) < 4.78 is 35.1. The molecule has 1 unspecified atom stereocenters. The second kappa shape index (κ2) is 16.0. The van der Waals surface area contributed by atoms with Crippen molar-refractivity contribution in [1.82, 2.24) is 15.1 Å². The summed E-state index contributed by atoms with van der Waals surface area (Å²) >= 11 is 0. The number of nitrogens with two attached hydrogens (primary N) is 1. The van der Waals surface area contributed by atoms with Gasteiger partial charge in [-0.2, -0.15) is 0 Å². The molecule has 0 radical (unpaired) electrons. The molecule has 4 N–H and O–H groups in total. The molecule has 3 aromatic carbocycles. The first kappa shape index (κ1) is 34.2. The first-order valence-electron chi connectivity index (χ1n) is 14.5. The molecule has 0 aliphatic carbocycles. The topological polar surface area (TPSA) is 155 Å². The van der Waals surface area contributed by atoms with E-state index in [-0.39, 0.29) is 17.3 Å². The van der Waals surface area contributed by atoms with E-state index in [2.05, 4.69) is 5.32 Å². The van der Waals surface area contributed by atoms with Gasteiger partial charge in [0, 0.05) is 24.2 Å². The second-order valence-electron chi connectivity index (χ2n) is 10.1. The lowest BCUT2D eigenvalue weighted by Crippen LogP contribution is -2.40. The SMILES string of the molecule is CCCCN(Cc1cccc(C(=N)NC(=O)OC(C)N(CC)CC)c1)C(=O)Oc1ccc(-c2ccccc2S(N)(=O)=O)cc1. The highest BCUT2D eigenvalue weighted by Gasteiger charge is 2.20. The fourth-order valence-corrected chi connectivity index (χ4v) is 5.38. The summed E-state index contributed by atoms with van der Waals surface area (Å²) in [7, 11) is -3.92. The van der Waals surface area contributed by atoms with Crippen LogP contribution in [0.4, 0.5) is 9.59 Å². The molecule has 2 amide bonds. The van der Waals surface area contributed by atoms with Crippen molar-refractivity contribution in [2.45, 2.75) is 58.2 Å². The number of primary sulfonamides is 1. The highest BCUT2D eigenvalue weighted by Crippen LogP contribution is 2.28. The van der Waals surface area contributed by atoms with Crippen LogP contribution in [0.1, 0.15) is 51.7 Å². The number of nitrogens with one attached hydrogen (secondary N) is 2. The largest absolute Gasteiger partial charge is 0.430 e. The van der Waals surface area contributed by atoms with Gasteiger partial charge in [0.15, 0.2) is 6.23 Å². The Hall–Kier alpha value is -4.26. The maximum Gasteiger partial charge on any atom is 0.415 e. The number of amides is 2. The molecular formula is C32H41N5O6S. The van der Waals surface area contributed by atoms with Gasteiger partial charge in [0.05, 0.1) is 4.90 Å². The van der Waals surface area contributed by atoms with Gasteiger partial charge >= 0.3 is 12.2 Å². The van der Waals surface area contributed by atoms with Crippen LogP contribution in [-0.4, -0.2) is 62.1 Å². The fourth-order valence-electron chi connectivity index (χ4n) is 4.62. The van der Waals surface area contributed by atoms with Gasteiger partial charge < -0.3 is 14.4 Å². The molecular weight excluding hydrogens is 582 g/mol. The van der Waals surface area contributed by atoms with Crippen LogP contribution in [0.3, 0.4) is 0 Å². The van der Waals surface area contributed by atoms with Gasteiger partial charge in [-0.1, -0.05) is 75.7 Å². The van der Waals surface area contributed by atoms with E-state index in [0.717, 1.165) is 31.5 Å². The predicted octanol–water partition coefficient (Wildman–Crippen LogP) is 5.54. The van der Waals surface area contributed by atoms with E-state index in [1.807, 2.05) is 31.7 Å². The quantitative estimate of drug-likeness (QED) is 0.128. The average molecular weight is 624 g/mol. The molecule has 0 aliphatic rings. The van der Waals surface area contributed by atoms with Crippen molar-refractivity contribution in [2.75, 3.05) is 19.6 Å². The van der Waals surface area contributed by atoms with Crippen molar-refractivity contribution in [1.29, 1.82) is 5.41 Å². The van der Waals surface area contributed by atoms with E-state index in [1.165, 1.54) is 6.07 Å². The number of hydrogen-bond acceptors (Lipinski definition) is 8. The van der Waals surface area contributed by atoms with Crippen molar-refractivity contribution in [3.63, 3.8) is 0 Å². The Morgan fingerprint density at radius 1 is 0.977 bits per heavy atom. The number of sulfonamides is 1. The van der Waals surface area contributed by atoms with Gasteiger partial charge in [0.25, 0.3) is 0 Å². The normalized spacial score (nSPS) is 12.0. The molecule has 0 fully saturated rings. The number of nitrogens with zero attached hydrogens (tertiary/aromatic N) is 2. The van der Waals surface area contributed by atoms with Gasteiger partial charge in [-0.3, -0.25) is 15.6 Å². The fraction of sp³-hybridized carbons (Fsp3) is 0.344.